The highest BCUT2D eigenvalue weighted by atomic mass is 16.5. The van der Waals surface area contributed by atoms with Gasteiger partial charge in [-0.1, -0.05) is 36.4 Å². The summed E-state index contributed by atoms with van der Waals surface area (Å²) in [6, 6.07) is 15.6. The molecule has 4 nitrogen and oxygen atoms in total. The number of hydrogen-bond acceptors (Lipinski definition) is 4. The van der Waals surface area contributed by atoms with E-state index in [1.54, 1.807) is 0 Å². The normalized spacial score (nSPS) is 10.7. The van der Waals surface area contributed by atoms with E-state index >= 15 is 0 Å². The highest BCUT2D eigenvalue weighted by Gasteiger charge is 2.08. The molecule has 3 rings (SSSR count). The molecule has 1 heterocycles. The standard InChI is InChI=1S/C14H12N2O2/c15-14-16-13-11(7-4-8-12(13)18-14)17-9-10-5-2-1-3-6-10/h1-8H,9H2,(H2,15,16). The molecule has 0 aliphatic rings. The summed E-state index contributed by atoms with van der Waals surface area (Å²) in [6.07, 6.45) is 0. The molecule has 0 amide bonds. The van der Waals surface area contributed by atoms with Crippen LogP contribution in [0.3, 0.4) is 0 Å². The number of para-hydroxylation sites is 1. The van der Waals surface area contributed by atoms with E-state index in [4.69, 9.17) is 14.9 Å². The Morgan fingerprint density at radius 3 is 2.72 bits per heavy atom. The van der Waals surface area contributed by atoms with Crippen molar-refractivity contribution in [1.29, 1.82) is 0 Å². The molecular formula is C14H12N2O2. The molecule has 90 valence electrons. The van der Waals surface area contributed by atoms with Gasteiger partial charge in [-0.15, -0.1) is 0 Å². The van der Waals surface area contributed by atoms with Crippen LogP contribution in [0.4, 0.5) is 6.01 Å². The van der Waals surface area contributed by atoms with Gasteiger partial charge in [-0.2, -0.15) is 4.98 Å². The fourth-order valence-corrected chi connectivity index (χ4v) is 1.79. The molecule has 0 atom stereocenters. The van der Waals surface area contributed by atoms with Crippen LogP contribution in [-0.4, -0.2) is 4.98 Å². The Kier molecular flexibility index (Phi) is 2.61. The van der Waals surface area contributed by atoms with E-state index in [1.165, 1.54) is 0 Å². The largest absolute Gasteiger partial charge is 0.486 e. The lowest BCUT2D eigenvalue weighted by atomic mass is 10.2. The first-order valence-electron chi connectivity index (χ1n) is 5.65. The topological polar surface area (TPSA) is 61.3 Å². The summed E-state index contributed by atoms with van der Waals surface area (Å²) in [6.45, 7) is 0.493. The molecule has 0 aliphatic carbocycles. The fourth-order valence-electron chi connectivity index (χ4n) is 1.79. The molecule has 0 fully saturated rings. The van der Waals surface area contributed by atoms with Crippen LogP contribution >= 0.6 is 0 Å². The minimum atomic E-state index is 0.153. The first-order valence-corrected chi connectivity index (χ1v) is 5.65. The third-order valence-electron chi connectivity index (χ3n) is 2.64. The molecule has 0 aliphatic heterocycles. The Labute approximate surface area is 104 Å². The number of hydrogen-bond donors (Lipinski definition) is 1. The van der Waals surface area contributed by atoms with Crippen LogP contribution in [0.1, 0.15) is 5.56 Å². The third-order valence-corrected chi connectivity index (χ3v) is 2.64. The molecule has 0 spiro atoms. The van der Waals surface area contributed by atoms with E-state index in [2.05, 4.69) is 4.98 Å². The van der Waals surface area contributed by atoms with Crippen LogP contribution in [0.5, 0.6) is 5.75 Å². The molecule has 0 saturated carbocycles. The summed E-state index contributed by atoms with van der Waals surface area (Å²) >= 11 is 0. The fraction of sp³-hybridized carbons (Fsp3) is 0.0714. The summed E-state index contributed by atoms with van der Waals surface area (Å²) < 4.78 is 11.0. The number of benzene rings is 2. The number of oxazole rings is 1. The van der Waals surface area contributed by atoms with Crippen LogP contribution in [0.2, 0.25) is 0 Å². The van der Waals surface area contributed by atoms with E-state index in [0.29, 0.717) is 23.5 Å². The van der Waals surface area contributed by atoms with Gasteiger partial charge >= 0.3 is 0 Å². The molecular weight excluding hydrogens is 228 g/mol. The Bertz CT molecular complexity index is 662. The zero-order chi connectivity index (χ0) is 12.4. The monoisotopic (exact) mass is 240 g/mol. The number of fused-ring (bicyclic) bond motifs is 1. The van der Waals surface area contributed by atoms with Gasteiger partial charge in [0.25, 0.3) is 6.01 Å². The molecule has 0 radical (unpaired) electrons. The summed E-state index contributed by atoms with van der Waals surface area (Å²) in [7, 11) is 0. The summed E-state index contributed by atoms with van der Waals surface area (Å²) in [5.74, 6) is 0.678. The van der Waals surface area contributed by atoms with Gasteiger partial charge in [0.15, 0.2) is 11.1 Å². The maximum absolute atomic E-state index is 5.74. The van der Waals surface area contributed by atoms with Gasteiger partial charge in [0.1, 0.15) is 12.4 Å². The van der Waals surface area contributed by atoms with Crippen molar-refractivity contribution in [1.82, 2.24) is 4.98 Å². The number of nitrogens with two attached hydrogens (primary N) is 1. The second-order valence-corrected chi connectivity index (χ2v) is 3.93. The molecule has 1 aromatic heterocycles. The van der Waals surface area contributed by atoms with Crippen molar-refractivity contribution in [2.45, 2.75) is 6.61 Å². The molecule has 0 unspecified atom stereocenters. The number of anilines is 1. The Morgan fingerprint density at radius 1 is 1.06 bits per heavy atom. The van der Waals surface area contributed by atoms with Gasteiger partial charge in [-0.3, -0.25) is 0 Å². The minimum Gasteiger partial charge on any atom is -0.486 e. The minimum absolute atomic E-state index is 0.153. The lowest BCUT2D eigenvalue weighted by Gasteiger charge is -2.05. The lowest BCUT2D eigenvalue weighted by Crippen LogP contribution is -1.95. The molecule has 2 aromatic carbocycles. The van der Waals surface area contributed by atoms with E-state index in [-0.39, 0.29) is 6.01 Å². The smallest absolute Gasteiger partial charge is 0.293 e. The van der Waals surface area contributed by atoms with Gasteiger partial charge in [-0.25, -0.2) is 0 Å². The van der Waals surface area contributed by atoms with Crippen molar-refractivity contribution in [3.05, 3.63) is 54.1 Å². The van der Waals surface area contributed by atoms with E-state index in [1.807, 2.05) is 48.5 Å². The molecule has 0 saturated heterocycles. The van der Waals surface area contributed by atoms with Crippen molar-refractivity contribution in [3.63, 3.8) is 0 Å². The Balaban J connectivity index is 1.86. The summed E-state index contributed by atoms with van der Waals surface area (Å²) in [5, 5.41) is 0. The maximum atomic E-state index is 5.74. The average molecular weight is 240 g/mol. The first-order chi connectivity index (χ1) is 8.83. The molecule has 2 N–H and O–H groups in total. The maximum Gasteiger partial charge on any atom is 0.293 e. The lowest BCUT2D eigenvalue weighted by molar-refractivity contribution is 0.309. The SMILES string of the molecule is Nc1nc2c(OCc3ccccc3)cccc2o1. The number of rotatable bonds is 3. The number of ether oxygens (including phenoxy) is 1. The number of nitrogen functional groups attached to an aromatic ring is 1. The van der Waals surface area contributed by atoms with Crippen LogP contribution in [-0.2, 0) is 6.61 Å². The van der Waals surface area contributed by atoms with E-state index in [9.17, 15) is 0 Å². The van der Waals surface area contributed by atoms with Gasteiger partial charge in [-0.05, 0) is 17.7 Å². The van der Waals surface area contributed by atoms with Crippen molar-refractivity contribution < 1.29 is 9.15 Å². The summed E-state index contributed by atoms with van der Waals surface area (Å²) in [5.41, 5.74) is 7.93. The van der Waals surface area contributed by atoms with Crippen LogP contribution in [0, 0.1) is 0 Å². The number of nitrogens with zero attached hydrogens (tertiary/aromatic N) is 1. The Hall–Kier alpha value is -2.49. The van der Waals surface area contributed by atoms with E-state index in [0.717, 1.165) is 5.56 Å². The highest BCUT2D eigenvalue weighted by molar-refractivity contribution is 5.80. The summed E-state index contributed by atoms with van der Waals surface area (Å²) in [4.78, 5) is 4.11. The van der Waals surface area contributed by atoms with Crippen LogP contribution < -0.4 is 10.5 Å². The van der Waals surface area contributed by atoms with Gasteiger partial charge < -0.3 is 14.9 Å². The molecule has 18 heavy (non-hydrogen) atoms. The van der Waals surface area contributed by atoms with E-state index < -0.39 is 0 Å². The number of aromatic nitrogens is 1. The van der Waals surface area contributed by atoms with Crippen molar-refractivity contribution in [2.24, 2.45) is 0 Å². The zero-order valence-corrected chi connectivity index (χ0v) is 9.67. The zero-order valence-electron chi connectivity index (χ0n) is 9.67. The molecule has 4 heteroatoms. The predicted octanol–water partition coefficient (Wildman–Crippen LogP) is 2.99. The molecule has 0 bridgehead atoms. The second kappa shape index (κ2) is 4.41. The predicted molar refractivity (Wildman–Crippen MR) is 69.2 cm³/mol. The van der Waals surface area contributed by atoms with Crippen molar-refractivity contribution in [2.75, 3.05) is 5.73 Å². The van der Waals surface area contributed by atoms with Crippen LogP contribution in [0.15, 0.2) is 52.9 Å². The molecule has 3 aromatic rings. The van der Waals surface area contributed by atoms with Crippen molar-refractivity contribution >= 4 is 17.1 Å². The second-order valence-electron chi connectivity index (χ2n) is 3.93. The third kappa shape index (κ3) is 2.00. The van der Waals surface area contributed by atoms with Gasteiger partial charge in [0.2, 0.25) is 0 Å². The highest BCUT2D eigenvalue weighted by Crippen LogP contribution is 2.27. The Morgan fingerprint density at radius 2 is 1.89 bits per heavy atom. The van der Waals surface area contributed by atoms with Gasteiger partial charge in [0.05, 0.1) is 0 Å². The van der Waals surface area contributed by atoms with Gasteiger partial charge in [0, 0.05) is 0 Å². The van der Waals surface area contributed by atoms with Crippen molar-refractivity contribution in [3.8, 4) is 5.75 Å². The van der Waals surface area contributed by atoms with Crippen LogP contribution in [0.25, 0.3) is 11.1 Å². The first kappa shape index (κ1) is 10.7. The quantitative estimate of drug-likeness (QED) is 0.764. The average Bonchev–Trinajstić information content (AvgIpc) is 2.78.